The normalized spacial score (nSPS) is 25.8. The zero-order chi connectivity index (χ0) is 15.3. The van der Waals surface area contributed by atoms with E-state index in [1.54, 1.807) is 11.2 Å². The molecule has 0 fully saturated rings. The zero-order valence-corrected chi connectivity index (χ0v) is 12.5. The van der Waals surface area contributed by atoms with E-state index < -0.39 is 16.2 Å². The number of sulfonamides is 1. The summed E-state index contributed by atoms with van der Waals surface area (Å²) in [6.45, 7) is 0.320. The summed E-state index contributed by atoms with van der Waals surface area (Å²) in [6, 6.07) is 7.50. The van der Waals surface area contributed by atoms with Crippen molar-refractivity contribution in [2.45, 2.75) is 6.17 Å². The number of para-hydroxylation sites is 2. The summed E-state index contributed by atoms with van der Waals surface area (Å²) in [6.07, 6.45) is 2.16. The van der Waals surface area contributed by atoms with Crippen LogP contribution >= 0.6 is 0 Å². The second-order valence-corrected chi connectivity index (χ2v) is 7.00. The van der Waals surface area contributed by atoms with Gasteiger partial charge < -0.3 is 5.32 Å². The monoisotopic (exact) mass is 319 g/mol. The molecule has 2 atom stereocenters. The molecule has 3 heterocycles. The molecule has 0 bridgehead atoms. The van der Waals surface area contributed by atoms with Gasteiger partial charge in [0.1, 0.15) is 12.5 Å². The number of benzene rings is 1. The van der Waals surface area contributed by atoms with E-state index in [0.717, 1.165) is 22.0 Å². The molecular formula is C12H13N7O2S. The first-order valence-electron chi connectivity index (χ1n) is 6.66. The summed E-state index contributed by atoms with van der Waals surface area (Å²) >= 11 is 0. The molecule has 0 spiro atoms. The number of hydrogen-bond acceptors (Lipinski definition) is 8. The van der Waals surface area contributed by atoms with E-state index in [0.29, 0.717) is 12.5 Å². The maximum Gasteiger partial charge on any atom is 0.250 e. The molecule has 3 aliphatic heterocycles. The third kappa shape index (κ3) is 1.87. The Morgan fingerprint density at radius 1 is 1.27 bits per heavy atom. The molecule has 0 saturated carbocycles. The van der Waals surface area contributed by atoms with Crippen molar-refractivity contribution in [2.24, 2.45) is 26.3 Å². The molecule has 9 nitrogen and oxygen atoms in total. The van der Waals surface area contributed by atoms with Crippen LogP contribution in [-0.4, -0.2) is 44.0 Å². The summed E-state index contributed by atoms with van der Waals surface area (Å²) in [4.78, 5) is 8.52. The third-order valence-corrected chi connectivity index (χ3v) is 4.65. The van der Waals surface area contributed by atoms with Crippen molar-refractivity contribution in [3.8, 4) is 0 Å². The van der Waals surface area contributed by atoms with Gasteiger partial charge in [0.25, 0.3) is 0 Å². The van der Waals surface area contributed by atoms with Crippen LogP contribution in [0.2, 0.25) is 0 Å². The van der Waals surface area contributed by atoms with Gasteiger partial charge in [-0.05, 0) is 22.6 Å². The van der Waals surface area contributed by atoms with Crippen molar-refractivity contribution in [3.05, 3.63) is 24.3 Å². The predicted molar refractivity (Wildman–Crippen MR) is 82.2 cm³/mol. The fourth-order valence-corrected chi connectivity index (χ4v) is 3.51. The highest BCUT2D eigenvalue weighted by atomic mass is 32.2. The van der Waals surface area contributed by atoms with Gasteiger partial charge in [0.15, 0.2) is 6.17 Å². The molecule has 1 aromatic rings. The number of nitrogens with one attached hydrogen (secondary N) is 1. The van der Waals surface area contributed by atoms with E-state index in [-0.39, 0.29) is 5.92 Å². The minimum Gasteiger partial charge on any atom is -0.342 e. The molecule has 0 radical (unpaired) electrons. The van der Waals surface area contributed by atoms with Gasteiger partial charge in [0.2, 0.25) is 10.0 Å². The molecule has 1 N–H and O–H groups in total. The van der Waals surface area contributed by atoms with Gasteiger partial charge in [0.05, 0.1) is 23.5 Å². The van der Waals surface area contributed by atoms with Gasteiger partial charge >= 0.3 is 0 Å². The maximum atomic E-state index is 12.0. The number of nitrogens with zero attached hydrogens (tertiary/aromatic N) is 6. The second kappa shape index (κ2) is 4.50. The molecule has 0 aromatic heterocycles. The molecule has 114 valence electrons. The lowest BCUT2D eigenvalue weighted by Gasteiger charge is -2.29. The fraction of sp³-hybridized carbons (Fsp3) is 0.333. The van der Waals surface area contributed by atoms with Crippen LogP contribution in [0.1, 0.15) is 0 Å². The first kappa shape index (κ1) is 13.2. The van der Waals surface area contributed by atoms with E-state index in [9.17, 15) is 8.42 Å². The van der Waals surface area contributed by atoms with Crippen molar-refractivity contribution < 1.29 is 8.42 Å². The number of amidine groups is 1. The van der Waals surface area contributed by atoms with Gasteiger partial charge in [-0.3, -0.25) is 4.99 Å². The minimum atomic E-state index is -3.56. The Morgan fingerprint density at radius 2 is 2.09 bits per heavy atom. The van der Waals surface area contributed by atoms with Gasteiger partial charge in [-0.1, -0.05) is 12.1 Å². The molecule has 4 rings (SSSR count). The van der Waals surface area contributed by atoms with Crippen molar-refractivity contribution in [2.75, 3.05) is 23.3 Å². The molecule has 3 aliphatic rings. The molecular weight excluding hydrogens is 306 g/mol. The van der Waals surface area contributed by atoms with Crippen LogP contribution in [-0.2, 0) is 10.0 Å². The SMILES string of the molecule is CS(=O)(=O)N1N=NN2c3ccccc3NC3=NCN=CC3C21. The number of fused-ring (bicyclic) bond motifs is 5. The fourth-order valence-electron chi connectivity index (χ4n) is 2.74. The number of rotatable bonds is 1. The highest BCUT2D eigenvalue weighted by Crippen LogP contribution is 2.38. The first-order valence-corrected chi connectivity index (χ1v) is 8.51. The average Bonchev–Trinajstić information content (AvgIpc) is 2.88. The van der Waals surface area contributed by atoms with Crippen LogP contribution in [0.15, 0.2) is 44.7 Å². The lowest BCUT2D eigenvalue weighted by atomic mass is 10.1. The van der Waals surface area contributed by atoms with Crippen LogP contribution in [0.25, 0.3) is 0 Å². The van der Waals surface area contributed by atoms with E-state index in [2.05, 4.69) is 25.7 Å². The summed E-state index contributed by atoms with van der Waals surface area (Å²) < 4.78 is 25.1. The van der Waals surface area contributed by atoms with Gasteiger partial charge in [-0.25, -0.2) is 18.4 Å². The number of anilines is 2. The Hall–Kier alpha value is -2.49. The third-order valence-electron chi connectivity index (χ3n) is 3.68. The van der Waals surface area contributed by atoms with Gasteiger partial charge in [0, 0.05) is 6.21 Å². The van der Waals surface area contributed by atoms with E-state index >= 15 is 0 Å². The largest absolute Gasteiger partial charge is 0.342 e. The van der Waals surface area contributed by atoms with Crippen LogP contribution in [0, 0.1) is 5.92 Å². The van der Waals surface area contributed by atoms with Crippen molar-refractivity contribution >= 4 is 33.4 Å². The summed E-state index contributed by atoms with van der Waals surface area (Å²) in [5.41, 5.74) is 1.55. The lowest BCUT2D eigenvalue weighted by molar-refractivity contribution is 0.351. The predicted octanol–water partition coefficient (Wildman–Crippen LogP) is 0.859. The van der Waals surface area contributed by atoms with Gasteiger partial charge in [-0.2, -0.15) is 0 Å². The van der Waals surface area contributed by atoms with Crippen molar-refractivity contribution in [1.82, 2.24) is 4.41 Å². The Kier molecular flexibility index (Phi) is 2.70. The standard InChI is InChI=1S/C12H13N7O2S/c1-22(20,21)19-12-8-6-13-7-14-11(8)15-9-4-2-3-5-10(9)18(12)16-17-19/h2-6,8,12H,7H2,1H3,(H,14,15). The number of hydrogen-bond donors (Lipinski definition) is 1. The molecule has 0 saturated heterocycles. The Labute approximate surface area is 127 Å². The van der Waals surface area contributed by atoms with Crippen LogP contribution < -0.4 is 10.3 Å². The minimum absolute atomic E-state index is 0.320. The van der Waals surface area contributed by atoms with E-state index in [1.165, 1.54) is 0 Å². The van der Waals surface area contributed by atoms with Gasteiger partial charge in [-0.15, -0.1) is 4.41 Å². The maximum absolute atomic E-state index is 12.0. The molecule has 22 heavy (non-hydrogen) atoms. The van der Waals surface area contributed by atoms with Crippen LogP contribution in [0.3, 0.4) is 0 Å². The van der Waals surface area contributed by atoms with E-state index in [1.807, 2.05) is 24.3 Å². The molecule has 10 heteroatoms. The molecule has 2 unspecified atom stereocenters. The highest BCUT2D eigenvalue weighted by Gasteiger charge is 2.46. The molecule has 1 aromatic carbocycles. The summed E-state index contributed by atoms with van der Waals surface area (Å²) in [5, 5.41) is 12.7. The smallest absolute Gasteiger partial charge is 0.250 e. The van der Waals surface area contributed by atoms with Crippen LogP contribution in [0.4, 0.5) is 11.4 Å². The second-order valence-electron chi connectivity index (χ2n) is 5.16. The van der Waals surface area contributed by atoms with Crippen LogP contribution in [0.5, 0.6) is 0 Å². The molecule has 0 amide bonds. The topological polar surface area (TPSA) is 102 Å². The summed E-state index contributed by atoms with van der Waals surface area (Å²) in [7, 11) is -3.56. The van der Waals surface area contributed by atoms with Crippen molar-refractivity contribution in [1.29, 1.82) is 0 Å². The highest BCUT2D eigenvalue weighted by molar-refractivity contribution is 7.88. The summed E-state index contributed by atoms with van der Waals surface area (Å²) in [5.74, 6) is 0.293. The Morgan fingerprint density at radius 3 is 2.91 bits per heavy atom. The Balaban J connectivity index is 1.91. The first-order chi connectivity index (χ1) is 10.6. The number of aliphatic imine (C=N–C) groups is 2. The zero-order valence-electron chi connectivity index (χ0n) is 11.7. The van der Waals surface area contributed by atoms with Crippen molar-refractivity contribution in [3.63, 3.8) is 0 Å². The quantitative estimate of drug-likeness (QED) is 0.829. The van der Waals surface area contributed by atoms with E-state index in [4.69, 9.17) is 0 Å². The average molecular weight is 319 g/mol. The Bertz CT molecular complexity index is 817. The molecule has 0 aliphatic carbocycles. The lowest BCUT2D eigenvalue weighted by Crippen LogP contribution is -2.50.